The van der Waals surface area contributed by atoms with Gasteiger partial charge < -0.3 is 5.11 Å². The fourth-order valence-electron chi connectivity index (χ4n) is 1.60. The third kappa shape index (κ3) is 2.05. The summed E-state index contributed by atoms with van der Waals surface area (Å²) < 4.78 is 0. The van der Waals surface area contributed by atoms with E-state index in [1.807, 2.05) is 32.0 Å². The number of nitrogens with zero attached hydrogens (tertiary/aromatic N) is 3. The van der Waals surface area contributed by atoms with Crippen molar-refractivity contribution in [3.8, 4) is 0 Å². The van der Waals surface area contributed by atoms with Crippen LogP contribution in [0, 0.1) is 13.8 Å². The predicted molar refractivity (Wildman–Crippen MR) is 54.9 cm³/mol. The van der Waals surface area contributed by atoms with E-state index in [0.717, 1.165) is 16.7 Å². The molecule has 0 fully saturated rings. The molecule has 4 nitrogen and oxygen atoms in total. The first kappa shape index (κ1) is 10.6. The number of benzene rings is 1. The summed E-state index contributed by atoms with van der Waals surface area (Å²) in [6.45, 7) is 3.73. The van der Waals surface area contributed by atoms with Crippen LogP contribution in [0.1, 0.15) is 22.7 Å². The van der Waals surface area contributed by atoms with Crippen LogP contribution in [0.2, 0.25) is 0 Å². The van der Waals surface area contributed by atoms with Gasteiger partial charge in [-0.05, 0) is 36.1 Å². The molecule has 1 N–H and O–H groups in total. The van der Waals surface area contributed by atoms with Gasteiger partial charge in [0.05, 0.1) is 12.6 Å². The van der Waals surface area contributed by atoms with Crippen LogP contribution in [0.5, 0.6) is 0 Å². The summed E-state index contributed by atoms with van der Waals surface area (Å²) in [5.41, 5.74) is 11.4. The number of azide groups is 1. The van der Waals surface area contributed by atoms with Gasteiger partial charge in [0, 0.05) is 4.91 Å². The maximum Gasteiger partial charge on any atom is 0.0861 e. The molecule has 0 aliphatic rings. The zero-order valence-electron chi connectivity index (χ0n) is 8.31. The van der Waals surface area contributed by atoms with Crippen molar-refractivity contribution in [3.05, 3.63) is 45.3 Å². The van der Waals surface area contributed by atoms with Crippen molar-refractivity contribution in [2.24, 2.45) is 5.11 Å². The molecule has 0 saturated carbocycles. The highest BCUT2D eigenvalue weighted by atomic mass is 16.3. The van der Waals surface area contributed by atoms with Crippen molar-refractivity contribution in [1.29, 1.82) is 0 Å². The van der Waals surface area contributed by atoms with Gasteiger partial charge in [-0.2, -0.15) is 0 Å². The molecular formula is C10H13N3O. The van der Waals surface area contributed by atoms with E-state index in [-0.39, 0.29) is 6.61 Å². The molecule has 1 aromatic carbocycles. The molecule has 0 saturated heterocycles. The first-order valence-electron chi connectivity index (χ1n) is 4.42. The molecule has 1 rings (SSSR count). The topological polar surface area (TPSA) is 69.0 Å². The van der Waals surface area contributed by atoms with E-state index in [4.69, 9.17) is 10.6 Å². The normalized spacial score (nSPS) is 11.9. The quantitative estimate of drug-likeness (QED) is 0.445. The minimum atomic E-state index is -0.471. The van der Waals surface area contributed by atoms with Crippen molar-refractivity contribution < 1.29 is 5.11 Å². The van der Waals surface area contributed by atoms with Gasteiger partial charge in [0.25, 0.3) is 0 Å². The highest BCUT2D eigenvalue weighted by Gasteiger charge is 2.12. The Morgan fingerprint density at radius 1 is 1.43 bits per heavy atom. The molecule has 74 valence electrons. The van der Waals surface area contributed by atoms with Crippen LogP contribution >= 0.6 is 0 Å². The molecule has 0 bridgehead atoms. The van der Waals surface area contributed by atoms with Crippen LogP contribution in [0.15, 0.2) is 23.3 Å². The summed E-state index contributed by atoms with van der Waals surface area (Å²) in [5.74, 6) is 0. The lowest BCUT2D eigenvalue weighted by molar-refractivity contribution is 0.267. The number of aryl methyl sites for hydroxylation is 2. The number of hydrogen-bond donors (Lipinski definition) is 1. The Morgan fingerprint density at radius 3 is 2.43 bits per heavy atom. The van der Waals surface area contributed by atoms with Crippen molar-refractivity contribution in [2.45, 2.75) is 19.9 Å². The van der Waals surface area contributed by atoms with Crippen LogP contribution < -0.4 is 0 Å². The van der Waals surface area contributed by atoms with Crippen molar-refractivity contribution >= 4 is 0 Å². The molecule has 4 heteroatoms. The summed E-state index contributed by atoms with van der Waals surface area (Å²) in [6.07, 6.45) is 0. The molecule has 0 heterocycles. The fraction of sp³-hybridized carbons (Fsp3) is 0.400. The van der Waals surface area contributed by atoms with E-state index in [1.165, 1.54) is 0 Å². The smallest absolute Gasteiger partial charge is 0.0861 e. The second-order valence-electron chi connectivity index (χ2n) is 3.21. The SMILES string of the molecule is Cc1cccc(C)c1C(CO)N=[N+]=[N-]. The molecular weight excluding hydrogens is 178 g/mol. The molecule has 0 spiro atoms. The molecule has 1 atom stereocenters. The highest BCUT2D eigenvalue weighted by Crippen LogP contribution is 2.24. The summed E-state index contributed by atoms with van der Waals surface area (Å²) in [7, 11) is 0. The minimum Gasteiger partial charge on any atom is -0.396 e. The predicted octanol–water partition coefficient (Wildman–Crippen LogP) is 2.65. The first-order valence-corrected chi connectivity index (χ1v) is 4.42. The van der Waals surface area contributed by atoms with Crippen molar-refractivity contribution in [2.75, 3.05) is 6.61 Å². The molecule has 14 heavy (non-hydrogen) atoms. The maximum atomic E-state index is 9.09. The summed E-state index contributed by atoms with van der Waals surface area (Å²) >= 11 is 0. The minimum absolute atomic E-state index is 0.157. The summed E-state index contributed by atoms with van der Waals surface area (Å²) in [4.78, 5) is 2.73. The lowest BCUT2D eigenvalue weighted by Gasteiger charge is -2.14. The molecule has 0 amide bonds. The molecule has 0 aliphatic carbocycles. The van der Waals surface area contributed by atoms with Crippen molar-refractivity contribution in [3.63, 3.8) is 0 Å². The van der Waals surface area contributed by atoms with E-state index in [1.54, 1.807) is 0 Å². The van der Waals surface area contributed by atoms with Gasteiger partial charge in [-0.1, -0.05) is 23.3 Å². The largest absolute Gasteiger partial charge is 0.396 e. The average molecular weight is 191 g/mol. The summed E-state index contributed by atoms with van der Waals surface area (Å²) in [5, 5.41) is 12.7. The van der Waals surface area contributed by atoms with Crippen LogP contribution in [-0.2, 0) is 0 Å². The van der Waals surface area contributed by atoms with Gasteiger partial charge in [-0.15, -0.1) is 0 Å². The van der Waals surface area contributed by atoms with Gasteiger partial charge in [0.1, 0.15) is 0 Å². The lowest BCUT2D eigenvalue weighted by atomic mass is 9.97. The Labute approximate surface area is 82.8 Å². The molecule has 0 radical (unpaired) electrons. The standard InChI is InChI=1S/C10H13N3O/c1-7-4-3-5-8(2)10(7)9(6-14)12-13-11/h3-5,9,14H,6H2,1-2H3. The zero-order valence-corrected chi connectivity index (χ0v) is 8.31. The van der Waals surface area contributed by atoms with Gasteiger partial charge in [-0.3, -0.25) is 0 Å². The summed E-state index contributed by atoms with van der Waals surface area (Å²) in [6, 6.07) is 5.36. The Hall–Kier alpha value is -1.51. The highest BCUT2D eigenvalue weighted by molar-refractivity contribution is 5.36. The third-order valence-electron chi connectivity index (χ3n) is 2.24. The number of aliphatic hydroxyl groups is 1. The van der Waals surface area contributed by atoms with Gasteiger partial charge >= 0.3 is 0 Å². The monoisotopic (exact) mass is 191 g/mol. The van der Waals surface area contributed by atoms with Gasteiger partial charge in [0.15, 0.2) is 0 Å². The van der Waals surface area contributed by atoms with E-state index >= 15 is 0 Å². The molecule has 1 aromatic rings. The second kappa shape index (κ2) is 4.65. The lowest BCUT2D eigenvalue weighted by Crippen LogP contribution is -2.04. The number of rotatable bonds is 3. The Bertz CT molecular complexity index is 349. The van der Waals surface area contributed by atoms with E-state index < -0.39 is 6.04 Å². The van der Waals surface area contributed by atoms with Crippen LogP contribution in [0.4, 0.5) is 0 Å². The third-order valence-corrected chi connectivity index (χ3v) is 2.24. The van der Waals surface area contributed by atoms with Gasteiger partial charge in [0.2, 0.25) is 0 Å². The maximum absolute atomic E-state index is 9.09. The van der Waals surface area contributed by atoms with E-state index in [0.29, 0.717) is 0 Å². The Kier molecular flexibility index (Phi) is 3.51. The zero-order chi connectivity index (χ0) is 10.6. The Morgan fingerprint density at radius 2 is 2.00 bits per heavy atom. The number of hydrogen-bond acceptors (Lipinski definition) is 2. The average Bonchev–Trinajstić information content (AvgIpc) is 2.16. The molecule has 0 aromatic heterocycles. The van der Waals surface area contributed by atoms with E-state index in [2.05, 4.69) is 10.0 Å². The van der Waals surface area contributed by atoms with Crippen LogP contribution in [0.3, 0.4) is 0 Å². The fourth-order valence-corrected chi connectivity index (χ4v) is 1.60. The number of aliphatic hydroxyl groups excluding tert-OH is 1. The second-order valence-corrected chi connectivity index (χ2v) is 3.21. The van der Waals surface area contributed by atoms with Crippen LogP contribution in [-0.4, -0.2) is 11.7 Å². The Balaban J connectivity index is 3.21. The molecule has 1 unspecified atom stereocenters. The van der Waals surface area contributed by atoms with Crippen LogP contribution in [0.25, 0.3) is 10.4 Å². The van der Waals surface area contributed by atoms with Gasteiger partial charge in [-0.25, -0.2) is 0 Å². The molecule has 0 aliphatic heterocycles. The van der Waals surface area contributed by atoms with Crippen molar-refractivity contribution in [1.82, 2.24) is 0 Å². The first-order chi connectivity index (χ1) is 6.70. The van der Waals surface area contributed by atoms with E-state index in [9.17, 15) is 0 Å².